The molecule has 2 amide bonds. The third-order valence-corrected chi connectivity index (χ3v) is 3.87. The summed E-state index contributed by atoms with van der Waals surface area (Å²) in [6.07, 6.45) is 4.19. The number of amides is 2. The van der Waals surface area contributed by atoms with E-state index in [1.54, 1.807) is 28.0 Å². The summed E-state index contributed by atoms with van der Waals surface area (Å²) in [6.45, 7) is 1.29. The molecule has 3 rings (SSSR count). The summed E-state index contributed by atoms with van der Waals surface area (Å²) in [7, 11) is 0. The van der Waals surface area contributed by atoms with Crippen LogP contribution in [0.5, 0.6) is 0 Å². The summed E-state index contributed by atoms with van der Waals surface area (Å²) in [6, 6.07) is 5.18. The van der Waals surface area contributed by atoms with Crippen molar-refractivity contribution in [2.24, 2.45) is 4.99 Å². The van der Waals surface area contributed by atoms with Gasteiger partial charge in [0.1, 0.15) is 5.69 Å². The zero-order valence-electron chi connectivity index (χ0n) is 11.5. The molecule has 0 aliphatic carbocycles. The quantitative estimate of drug-likeness (QED) is 0.629. The fraction of sp³-hybridized carbons (Fsp3) is 0.400. The first-order valence-corrected chi connectivity index (χ1v) is 7.03. The van der Waals surface area contributed by atoms with Crippen molar-refractivity contribution in [1.29, 1.82) is 0 Å². The van der Waals surface area contributed by atoms with Crippen LogP contribution >= 0.6 is 0 Å². The van der Waals surface area contributed by atoms with Crippen LogP contribution in [-0.2, 0) is 14.4 Å². The standard InChI is InChI=1S/C15H15N3O3/c19-10-16-12-6-5-11(17-7-1-3-14(17)20)9-13(12)18-8-2-4-15(18)21/h5-6,9H,1-4,7-8H2. The van der Waals surface area contributed by atoms with Crippen LogP contribution in [0.15, 0.2) is 23.2 Å². The Morgan fingerprint density at radius 3 is 2.24 bits per heavy atom. The molecule has 2 aliphatic heterocycles. The van der Waals surface area contributed by atoms with E-state index in [0.29, 0.717) is 37.3 Å². The van der Waals surface area contributed by atoms with Gasteiger partial charge in [-0.15, -0.1) is 0 Å². The molecule has 0 unspecified atom stereocenters. The molecule has 6 nitrogen and oxygen atoms in total. The van der Waals surface area contributed by atoms with Gasteiger partial charge in [-0.25, -0.2) is 4.79 Å². The highest BCUT2D eigenvalue weighted by Crippen LogP contribution is 2.36. The van der Waals surface area contributed by atoms with E-state index in [9.17, 15) is 14.4 Å². The van der Waals surface area contributed by atoms with E-state index < -0.39 is 0 Å². The zero-order valence-corrected chi connectivity index (χ0v) is 11.5. The Morgan fingerprint density at radius 2 is 1.67 bits per heavy atom. The Hall–Kier alpha value is -2.46. The van der Waals surface area contributed by atoms with Gasteiger partial charge < -0.3 is 9.80 Å². The van der Waals surface area contributed by atoms with E-state index in [1.807, 2.05) is 0 Å². The van der Waals surface area contributed by atoms with Gasteiger partial charge in [0, 0.05) is 31.6 Å². The average molecular weight is 285 g/mol. The van der Waals surface area contributed by atoms with Gasteiger partial charge in [0.05, 0.1) is 5.69 Å². The van der Waals surface area contributed by atoms with Gasteiger partial charge in [-0.2, -0.15) is 4.99 Å². The van der Waals surface area contributed by atoms with Crippen LogP contribution in [0, 0.1) is 0 Å². The highest BCUT2D eigenvalue weighted by molar-refractivity contribution is 6.01. The van der Waals surface area contributed by atoms with E-state index >= 15 is 0 Å². The highest BCUT2D eigenvalue weighted by atomic mass is 16.2. The van der Waals surface area contributed by atoms with E-state index in [0.717, 1.165) is 18.5 Å². The molecule has 0 atom stereocenters. The van der Waals surface area contributed by atoms with E-state index in [2.05, 4.69) is 4.99 Å². The maximum absolute atomic E-state index is 11.9. The van der Waals surface area contributed by atoms with Crippen molar-refractivity contribution in [2.75, 3.05) is 22.9 Å². The predicted octanol–water partition coefficient (Wildman–Crippen LogP) is 1.91. The normalized spacial score (nSPS) is 18.3. The first kappa shape index (κ1) is 13.5. The number of hydrogen-bond donors (Lipinski definition) is 0. The minimum Gasteiger partial charge on any atom is -0.312 e. The van der Waals surface area contributed by atoms with Crippen molar-refractivity contribution in [2.45, 2.75) is 25.7 Å². The second kappa shape index (κ2) is 5.50. The fourth-order valence-corrected chi connectivity index (χ4v) is 2.86. The molecular formula is C15H15N3O3. The van der Waals surface area contributed by atoms with Gasteiger partial charge in [0.15, 0.2) is 0 Å². The molecule has 21 heavy (non-hydrogen) atoms. The molecule has 2 saturated heterocycles. The first-order valence-electron chi connectivity index (χ1n) is 7.03. The summed E-state index contributed by atoms with van der Waals surface area (Å²) in [5, 5.41) is 0. The Balaban J connectivity index is 2.03. The number of anilines is 2. The van der Waals surface area contributed by atoms with Gasteiger partial charge >= 0.3 is 0 Å². The number of isocyanates is 1. The highest BCUT2D eigenvalue weighted by Gasteiger charge is 2.27. The Bertz CT molecular complexity index is 650. The lowest BCUT2D eigenvalue weighted by Crippen LogP contribution is -2.26. The van der Waals surface area contributed by atoms with Gasteiger partial charge in [-0.1, -0.05) is 0 Å². The molecule has 2 aliphatic rings. The summed E-state index contributed by atoms with van der Waals surface area (Å²) >= 11 is 0. The number of hydrogen-bond acceptors (Lipinski definition) is 4. The lowest BCUT2D eigenvalue weighted by Gasteiger charge is -2.21. The summed E-state index contributed by atoms with van der Waals surface area (Å²) in [5.74, 6) is 0.0996. The number of carbonyl (C=O) groups excluding carboxylic acids is 3. The lowest BCUT2D eigenvalue weighted by molar-refractivity contribution is -0.117. The van der Waals surface area contributed by atoms with Crippen molar-refractivity contribution >= 4 is 35.0 Å². The second-order valence-electron chi connectivity index (χ2n) is 5.17. The SMILES string of the molecule is O=C=Nc1ccc(N2CCCC2=O)cc1N1CCCC1=O. The van der Waals surface area contributed by atoms with E-state index in [1.165, 1.54) is 6.08 Å². The predicted molar refractivity (Wildman–Crippen MR) is 77.4 cm³/mol. The van der Waals surface area contributed by atoms with Crippen molar-refractivity contribution in [3.63, 3.8) is 0 Å². The molecule has 6 heteroatoms. The van der Waals surface area contributed by atoms with Crippen molar-refractivity contribution in [3.8, 4) is 0 Å². The van der Waals surface area contributed by atoms with Crippen LogP contribution in [0.3, 0.4) is 0 Å². The van der Waals surface area contributed by atoms with Crippen LogP contribution in [0.2, 0.25) is 0 Å². The molecule has 2 fully saturated rings. The molecule has 0 N–H and O–H groups in total. The van der Waals surface area contributed by atoms with Crippen molar-refractivity contribution in [3.05, 3.63) is 18.2 Å². The van der Waals surface area contributed by atoms with Crippen molar-refractivity contribution in [1.82, 2.24) is 0 Å². The smallest absolute Gasteiger partial charge is 0.240 e. The van der Waals surface area contributed by atoms with Gasteiger partial charge in [-0.3, -0.25) is 9.59 Å². The molecule has 0 spiro atoms. The molecule has 1 aromatic rings. The largest absolute Gasteiger partial charge is 0.312 e. The van der Waals surface area contributed by atoms with Gasteiger partial charge in [0.25, 0.3) is 0 Å². The minimum atomic E-state index is 0.0160. The third-order valence-electron chi connectivity index (χ3n) is 3.87. The molecule has 1 aromatic carbocycles. The topological polar surface area (TPSA) is 70.1 Å². The van der Waals surface area contributed by atoms with Gasteiger partial charge in [-0.05, 0) is 31.0 Å². The number of carbonyl (C=O) groups is 2. The minimum absolute atomic E-state index is 0.0160. The molecule has 2 heterocycles. The van der Waals surface area contributed by atoms with Crippen molar-refractivity contribution < 1.29 is 14.4 Å². The fourth-order valence-electron chi connectivity index (χ4n) is 2.86. The number of benzene rings is 1. The second-order valence-corrected chi connectivity index (χ2v) is 5.17. The maximum atomic E-state index is 11.9. The molecular weight excluding hydrogens is 270 g/mol. The lowest BCUT2D eigenvalue weighted by atomic mass is 10.2. The maximum Gasteiger partial charge on any atom is 0.240 e. The molecule has 108 valence electrons. The third kappa shape index (κ3) is 2.45. The van der Waals surface area contributed by atoms with Crippen LogP contribution in [0.1, 0.15) is 25.7 Å². The average Bonchev–Trinajstić information content (AvgIpc) is 3.08. The van der Waals surface area contributed by atoms with Gasteiger partial charge in [0.2, 0.25) is 17.9 Å². The number of aliphatic imine (C=N–C) groups is 1. The summed E-state index contributed by atoms with van der Waals surface area (Å²) in [5.41, 5.74) is 1.74. The Morgan fingerprint density at radius 1 is 1.00 bits per heavy atom. The first-order chi connectivity index (χ1) is 10.2. The number of nitrogens with zero attached hydrogens (tertiary/aromatic N) is 3. The van der Waals surface area contributed by atoms with E-state index in [4.69, 9.17) is 0 Å². The monoisotopic (exact) mass is 285 g/mol. The summed E-state index contributed by atoms with van der Waals surface area (Å²) in [4.78, 5) is 41.3. The molecule has 0 saturated carbocycles. The summed E-state index contributed by atoms with van der Waals surface area (Å²) < 4.78 is 0. The van der Waals surface area contributed by atoms with Crippen LogP contribution in [0.4, 0.5) is 17.1 Å². The Kier molecular flexibility index (Phi) is 3.54. The van der Waals surface area contributed by atoms with Crippen LogP contribution in [0.25, 0.3) is 0 Å². The Labute approximate surface area is 122 Å². The molecule has 0 aromatic heterocycles. The molecule has 0 bridgehead atoms. The van der Waals surface area contributed by atoms with Crippen LogP contribution < -0.4 is 9.80 Å². The zero-order chi connectivity index (χ0) is 14.8. The van der Waals surface area contributed by atoms with Crippen LogP contribution in [-0.4, -0.2) is 31.0 Å². The molecule has 0 radical (unpaired) electrons. The number of rotatable bonds is 3. The van der Waals surface area contributed by atoms with E-state index in [-0.39, 0.29) is 11.8 Å².